The van der Waals surface area contributed by atoms with Crippen LogP contribution in [0, 0.1) is 5.82 Å². The van der Waals surface area contributed by atoms with Crippen LogP contribution in [0.5, 0.6) is 0 Å². The van der Waals surface area contributed by atoms with Gasteiger partial charge in [-0.1, -0.05) is 11.2 Å². The lowest BCUT2D eigenvalue weighted by molar-refractivity contribution is -0.140. The number of nitrogens with two attached hydrogens (primary N) is 1. The molecule has 1 aromatic rings. The van der Waals surface area contributed by atoms with Crippen LogP contribution in [0.25, 0.3) is 0 Å². The summed E-state index contributed by atoms with van der Waals surface area (Å²) in [6.07, 6.45) is -4.39. The number of nitrogens with one attached hydrogen (secondary N) is 1. The van der Waals surface area contributed by atoms with E-state index in [2.05, 4.69) is 10.5 Å². The van der Waals surface area contributed by atoms with Gasteiger partial charge in [-0.15, -0.1) is 0 Å². The summed E-state index contributed by atoms with van der Waals surface area (Å²) in [5.41, 5.74) is 3.01. The van der Waals surface area contributed by atoms with Gasteiger partial charge in [0.25, 0.3) is 5.91 Å². The topological polar surface area (TPSA) is 87.7 Å². The molecule has 0 aliphatic carbocycles. The van der Waals surface area contributed by atoms with Gasteiger partial charge >= 0.3 is 6.18 Å². The van der Waals surface area contributed by atoms with Crippen molar-refractivity contribution in [2.75, 3.05) is 6.54 Å². The van der Waals surface area contributed by atoms with Crippen molar-refractivity contribution >= 4 is 11.7 Å². The molecule has 9 heteroatoms. The summed E-state index contributed by atoms with van der Waals surface area (Å²) < 4.78 is 51.2. The second-order valence-corrected chi connectivity index (χ2v) is 4.12. The quantitative estimate of drug-likeness (QED) is 0.194. The molecule has 0 unspecified atom stereocenters. The molecule has 0 aliphatic rings. The number of amides is 1. The zero-order chi connectivity index (χ0) is 16.0. The van der Waals surface area contributed by atoms with Crippen LogP contribution in [0.4, 0.5) is 17.6 Å². The minimum Gasteiger partial charge on any atom is -0.409 e. The van der Waals surface area contributed by atoms with E-state index in [1.165, 1.54) is 0 Å². The monoisotopic (exact) mass is 307 g/mol. The van der Waals surface area contributed by atoms with Crippen LogP contribution < -0.4 is 11.1 Å². The maximum Gasteiger partial charge on any atom is 0.419 e. The van der Waals surface area contributed by atoms with E-state index in [1.807, 2.05) is 0 Å². The summed E-state index contributed by atoms with van der Waals surface area (Å²) in [6.45, 7) is 0.0464. The molecule has 0 saturated carbocycles. The fourth-order valence-corrected chi connectivity index (χ4v) is 1.54. The van der Waals surface area contributed by atoms with Gasteiger partial charge in [0.05, 0.1) is 11.1 Å². The average Bonchev–Trinajstić information content (AvgIpc) is 2.41. The molecule has 1 amide bonds. The summed E-state index contributed by atoms with van der Waals surface area (Å²) >= 11 is 0. The molecule has 0 saturated heterocycles. The highest BCUT2D eigenvalue weighted by atomic mass is 19.4. The molecule has 1 rings (SSSR count). The van der Waals surface area contributed by atoms with Gasteiger partial charge in [0.2, 0.25) is 0 Å². The molecule has 0 aliphatic heterocycles. The van der Waals surface area contributed by atoms with Crippen LogP contribution in [0.15, 0.2) is 23.4 Å². The summed E-state index contributed by atoms with van der Waals surface area (Å²) in [4.78, 5) is 11.6. The number of hydrogen-bond acceptors (Lipinski definition) is 3. The van der Waals surface area contributed by atoms with Crippen molar-refractivity contribution < 1.29 is 27.6 Å². The van der Waals surface area contributed by atoms with Crippen molar-refractivity contribution in [3.8, 4) is 0 Å². The van der Waals surface area contributed by atoms with Gasteiger partial charge in [-0.05, 0) is 18.6 Å². The number of alkyl halides is 3. The number of benzene rings is 1. The van der Waals surface area contributed by atoms with E-state index in [4.69, 9.17) is 10.9 Å². The molecule has 21 heavy (non-hydrogen) atoms. The summed E-state index contributed by atoms with van der Waals surface area (Å²) in [5, 5.41) is 13.3. The first-order valence-electron chi connectivity index (χ1n) is 5.87. The van der Waals surface area contributed by atoms with Crippen molar-refractivity contribution in [3.63, 3.8) is 0 Å². The number of oxime groups is 1. The number of carbonyl (C=O) groups is 1. The fraction of sp³-hybridized carbons (Fsp3) is 0.333. The number of rotatable bonds is 5. The van der Waals surface area contributed by atoms with Gasteiger partial charge in [-0.25, -0.2) is 4.39 Å². The first-order valence-corrected chi connectivity index (χ1v) is 5.87. The van der Waals surface area contributed by atoms with Crippen LogP contribution in [0.1, 0.15) is 28.8 Å². The van der Waals surface area contributed by atoms with Crippen molar-refractivity contribution in [2.45, 2.75) is 19.0 Å². The SMILES string of the molecule is N/C(CCCNC(=O)c1cccc(C(F)(F)F)c1F)=N/O. The highest BCUT2D eigenvalue weighted by molar-refractivity contribution is 5.94. The summed E-state index contributed by atoms with van der Waals surface area (Å²) in [6, 6.07) is 2.48. The number of nitrogens with zero attached hydrogens (tertiary/aromatic N) is 1. The van der Waals surface area contributed by atoms with Crippen LogP contribution in [0.2, 0.25) is 0 Å². The van der Waals surface area contributed by atoms with Crippen LogP contribution >= 0.6 is 0 Å². The predicted molar refractivity (Wildman–Crippen MR) is 66.4 cm³/mol. The smallest absolute Gasteiger partial charge is 0.409 e. The Bertz CT molecular complexity index is 544. The average molecular weight is 307 g/mol. The van der Waals surface area contributed by atoms with Crippen molar-refractivity contribution in [2.24, 2.45) is 10.9 Å². The lowest BCUT2D eigenvalue weighted by atomic mass is 10.1. The molecule has 1 aromatic carbocycles. The third-order valence-corrected chi connectivity index (χ3v) is 2.57. The van der Waals surface area contributed by atoms with Gasteiger partial charge < -0.3 is 16.3 Å². The summed E-state index contributed by atoms with van der Waals surface area (Å²) in [5.74, 6) is -2.62. The Hall–Kier alpha value is -2.32. The molecule has 0 spiro atoms. The molecular weight excluding hydrogens is 294 g/mol. The Morgan fingerprint density at radius 1 is 1.38 bits per heavy atom. The molecule has 4 N–H and O–H groups in total. The zero-order valence-corrected chi connectivity index (χ0v) is 10.7. The Balaban J connectivity index is 2.71. The molecule has 116 valence electrons. The molecule has 0 fully saturated rings. The maximum atomic E-state index is 13.7. The lowest BCUT2D eigenvalue weighted by Crippen LogP contribution is -2.27. The molecule has 5 nitrogen and oxygen atoms in total. The fourth-order valence-electron chi connectivity index (χ4n) is 1.54. The minimum absolute atomic E-state index is 0.0464. The molecule has 0 bridgehead atoms. The first-order chi connectivity index (χ1) is 9.77. The third kappa shape index (κ3) is 4.62. The number of amidine groups is 1. The van der Waals surface area contributed by atoms with E-state index >= 15 is 0 Å². The van der Waals surface area contributed by atoms with E-state index < -0.39 is 29.0 Å². The molecule has 0 radical (unpaired) electrons. The zero-order valence-electron chi connectivity index (χ0n) is 10.7. The normalized spacial score (nSPS) is 12.3. The van der Waals surface area contributed by atoms with Crippen molar-refractivity contribution in [3.05, 3.63) is 35.1 Å². The van der Waals surface area contributed by atoms with E-state index in [1.54, 1.807) is 0 Å². The number of hydrogen-bond donors (Lipinski definition) is 3. The Morgan fingerprint density at radius 3 is 2.62 bits per heavy atom. The lowest BCUT2D eigenvalue weighted by Gasteiger charge is -2.11. The Kier molecular flexibility index (Phi) is 5.51. The Morgan fingerprint density at radius 2 is 2.05 bits per heavy atom. The van der Waals surface area contributed by atoms with Gasteiger partial charge in [-0.3, -0.25) is 4.79 Å². The van der Waals surface area contributed by atoms with E-state index in [0.29, 0.717) is 12.5 Å². The molecule has 0 heterocycles. The predicted octanol–water partition coefficient (Wildman–Crippen LogP) is 2.10. The van der Waals surface area contributed by atoms with Crippen LogP contribution in [0.3, 0.4) is 0 Å². The highest BCUT2D eigenvalue weighted by Gasteiger charge is 2.35. The van der Waals surface area contributed by atoms with Crippen molar-refractivity contribution in [1.29, 1.82) is 0 Å². The summed E-state index contributed by atoms with van der Waals surface area (Å²) in [7, 11) is 0. The largest absolute Gasteiger partial charge is 0.419 e. The standard InChI is InChI=1S/C12H13F4N3O2/c13-10-7(3-1-4-8(10)12(14,15)16)11(20)18-6-2-5-9(17)19-21/h1,3-4,21H,2,5-6H2,(H2,17,19)(H,18,20). The molecule has 0 aromatic heterocycles. The van der Waals surface area contributed by atoms with Crippen LogP contribution in [-0.2, 0) is 6.18 Å². The van der Waals surface area contributed by atoms with E-state index in [9.17, 15) is 22.4 Å². The van der Waals surface area contributed by atoms with E-state index in [0.717, 1.165) is 12.1 Å². The first kappa shape index (κ1) is 16.7. The number of carbonyl (C=O) groups excluding carboxylic acids is 1. The molecule has 0 atom stereocenters. The maximum absolute atomic E-state index is 13.7. The van der Waals surface area contributed by atoms with Crippen LogP contribution in [-0.4, -0.2) is 23.5 Å². The highest BCUT2D eigenvalue weighted by Crippen LogP contribution is 2.32. The minimum atomic E-state index is -4.87. The number of halogens is 4. The van der Waals surface area contributed by atoms with Crippen molar-refractivity contribution in [1.82, 2.24) is 5.32 Å². The third-order valence-electron chi connectivity index (χ3n) is 2.57. The molecular formula is C12H13F4N3O2. The van der Waals surface area contributed by atoms with Gasteiger partial charge in [0.1, 0.15) is 11.7 Å². The van der Waals surface area contributed by atoms with Gasteiger partial charge in [0, 0.05) is 13.0 Å². The Labute approximate surface area is 117 Å². The van der Waals surface area contributed by atoms with E-state index in [-0.39, 0.29) is 18.8 Å². The second-order valence-electron chi connectivity index (χ2n) is 4.12. The van der Waals surface area contributed by atoms with Gasteiger partial charge in [0.15, 0.2) is 0 Å². The second kappa shape index (κ2) is 6.91. The van der Waals surface area contributed by atoms with Gasteiger partial charge in [-0.2, -0.15) is 13.2 Å².